The lowest BCUT2D eigenvalue weighted by Crippen LogP contribution is -2.38. The second kappa shape index (κ2) is 9.00. The number of pyridine rings is 1. The first-order valence-corrected chi connectivity index (χ1v) is 7.98. The van der Waals surface area contributed by atoms with Gasteiger partial charge in [-0.1, -0.05) is 6.92 Å². The van der Waals surface area contributed by atoms with E-state index in [0.717, 1.165) is 37.6 Å². The van der Waals surface area contributed by atoms with Crippen molar-refractivity contribution in [2.45, 2.75) is 53.6 Å². The lowest BCUT2D eigenvalue weighted by Gasteiger charge is -2.31. The molecule has 0 aromatic carbocycles. The zero-order chi connectivity index (χ0) is 15.8. The maximum absolute atomic E-state index is 5.32. The first-order chi connectivity index (χ1) is 10.0. The number of hydrogen-bond donors (Lipinski definition) is 1. The predicted octanol–water partition coefficient (Wildman–Crippen LogP) is 3.06. The van der Waals surface area contributed by atoms with Crippen LogP contribution < -0.4 is 10.2 Å². The second-order valence-electron chi connectivity index (χ2n) is 5.65. The summed E-state index contributed by atoms with van der Waals surface area (Å²) in [5.74, 6) is 1.10. The van der Waals surface area contributed by atoms with Crippen molar-refractivity contribution in [2.24, 2.45) is 0 Å². The second-order valence-corrected chi connectivity index (χ2v) is 5.65. The topological polar surface area (TPSA) is 37.4 Å². The number of nitrogens with one attached hydrogen (secondary N) is 1. The first-order valence-electron chi connectivity index (χ1n) is 7.98. The van der Waals surface area contributed by atoms with Crippen molar-refractivity contribution < 1.29 is 4.74 Å². The third kappa shape index (κ3) is 4.97. The summed E-state index contributed by atoms with van der Waals surface area (Å²) in [7, 11) is 1.75. The van der Waals surface area contributed by atoms with Gasteiger partial charge in [-0.25, -0.2) is 4.98 Å². The minimum atomic E-state index is 0.318. The maximum atomic E-state index is 5.32. The minimum Gasteiger partial charge on any atom is -0.383 e. The van der Waals surface area contributed by atoms with Crippen molar-refractivity contribution in [3.05, 3.63) is 22.9 Å². The molecule has 1 aromatic heterocycles. The van der Waals surface area contributed by atoms with E-state index in [4.69, 9.17) is 9.72 Å². The van der Waals surface area contributed by atoms with Gasteiger partial charge in [0.05, 0.1) is 12.6 Å². The summed E-state index contributed by atoms with van der Waals surface area (Å²) in [5, 5.41) is 3.50. The number of anilines is 1. The molecule has 0 saturated carbocycles. The molecule has 1 atom stereocenters. The normalized spacial score (nSPS) is 12.5. The van der Waals surface area contributed by atoms with Crippen LogP contribution in [-0.4, -0.2) is 37.8 Å². The smallest absolute Gasteiger partial charge is 0.133 e. The Hall–Kier alpha value is -1.13. The Bertz CT molecular complexity index is 434. The Labute approximate surface area is 129 Å². The Morgan fingerprint density at radius 3 is 2.62 bits per heavy atom. The van der Waals surface area contributed by atoms with Gasteiger partial charge in [0.2, 0.25) is 0 Å². The molecule has 0 spiro atoms. The lowest BCUT2D eigenvalue weighted by atomic mass is 10.1. The molecule has 21 heavy (non-hydrogen) atoms. The third-order valence-electron chi connectivity index (χ3n) is 3.73. The van der Waals surface area contributed by atoms with E-state index >= 15 is 0 Å². The van der Waals surface area contributed by atoms with E-state index in [1.165, 1.54) is 11.1 Å². The molecule has 0 bridgehead atoms. The van der Waals surface area contributed by atoms with Crippen LogP contribution in [0.15, 0.2) is 6.07 Å². The molecule has 1 rings (SSSR count). The maximum Gasteiger partial charge on any atom is 0.133 e. The van der Waals surface area contributed by atoms with Gasteiger partial charge in [-0.05, 0) is 52.3 Å². The van der Waals surface area contributed by atoms with Crippen molar-refractivity contribution >= 4 is 5.82 Å². The summed E-state index contributed by atoms with van der Waals surface area (Å²) < 4.78 is 5.32. The molecule has 0 aliphatic heterocycles. The Morgan fingerprint density at radius 1 is 1.33 bits per heavy atom. The van der Waals surface area contributed by atoms with Crippen molar-refractivity contribution in [2.75, 3.05) is 31.7 Å². The predicted molar refractivity (Wildman–Crippen MR) is 90.1 cm³/mol. The summed E-state index contributed by atoms with van der Waals surface area (Å²) in [4.78, 5) is 7.16. The highest BCUT2D eigenvalue weighted by Gasteiger charge is 2.19. The van der Waals surface area contributed by atoms with E-state index in [0.29, 0.717) is 12.6 Å². The molecule has 4 heteroatoms. The molecule has 1 unspecified atom stereocenters. The summed E-state index contributed by atoms with van der Waals surface area (Å²) in [6.07, 6.45) is 1.14. The van der Waals surface area contributed by atoms with Crippen molar-refractivity contribution in [1.29, 1.82) is 0 Å². The van der Waals surface area contributed by atoms with Gasteiger partial charge >= 0.3 is 0 Å². The van der Waals surface area contributed by atoms with E-state index in [1.807, 2.05) is 0 Å². The summed E-state index contributed by atoms with van der Waals surface area (Å²) in [6, 6.07) is 2.49. The zero-order valence-corrected chi connectivity index (χ0v) is 14.5. The fourth-order valence-corrected chi connectivity index (χ4v) is 2.69. The fourth-order valence-electron chi connectivity index (χ4n) is 2.69. The zero-order valence-electron chi connectivity index (χ0n) is 14.5. The number of aromatic nitrogens is 1. The van der Waals surface area contributed by atoms with Crippen LogP contribution in [0.5, 0.6) is 0 Å². The molecule has 1 heterocycles. The van der Waals surface area contributed by atoms with Crippen LogP contribution in [0.2, 0.25) is 0 Å². The van der Waals surface area contributed by atoms with Crippen LogP contribution in [0.4, 0.5) is 5.82 Å². The highest BCUT2D eigenvalue weighted by molar-refractivity contribution is 5.52. The van der Waals surface area contributed by atoms with Gasteiger partial charge in [0.1, 0.15) is 5.82 Å². The molecule has 0 saturated heterocycles. The molecule has 0 aliphatic carbocycles. The summed E-state index contributed by atoms with van der Waals surface area (Å²) in [5.41, 5.74) is 3.69. The molecule has 4 nitrogen and oxygen atoms in total. The minimum absolute atomic E-state index is 0.318. The van der Waals surface area contributed by atoms with Crippen molar-refractivity contribution in [3.63, 3.8) is 0 Å². The van der Waals surface area contributed by atoms with Gasteiger partial charge in [0.15, 0.2) is 0 Å². The van der Waals surface area contributed by atoms with Gasteiger partial charge in [-0.3, -0.25) is 0 Å². The van der Waals surface area contributed by atoms with Crippen LogP contribution >= 0.6 is 0 Å². The fraction of sp³-hybridized carbons (Fsp3) is 0.706. The molecule has 0 fully saturated rings. The van der Waals surface area contributed by atoms with Crippen LogP contribution in [0.1, 0.15) is 44.0 Å². The van der Waals surface area contributed by atoms with E-state index < -0.39 is 0 Å². The quantitative estimate of drug-likeness (QED) is 0.710. The van der Waals surface area contributed by atoms with E-state index in [-0.39, 0.29) is 0 Å². The van der Waals surface area contributed by atoms with Gasteiger partial charge in [-0.15, -0.1) is 0 Å². The van der Waals surface area contributed by atoms with Crippen molar-refractivity contribution in [1.82, 2.24) is 10.3 Å². The van der Waals surface area contributed by atoms with Crippen LogP contribution in [0.25, 0.3) is 0 Å². The molecule has 0 radical (unpaired) electrons. The summed E-state index contributed by atoms with van der Waals surface area (Å²) >= 11 is 0. The van der Waals surface area contributed by atoms with Gasteiger partial charge in [0.25, 0.3) is 0 Å². The number of ether oxygens (including phenoxy) is 1. The number of rotatable bonds is 9. The van der Waals surface area contributed by atoms with Crippen molar-refractivity contribution in [3.8, 4) is 0 Å². The average Bonchev–Trinajstić information content (AvgIpc) is 2.42. The molecular weight excluding hydrogens is 262 g/mol. The molecule has 0 aliphatic rings. The lowest BCUT2D eigenvalue weighted by molar-refractivity contribution is 0.181. The number of hydrogen-bond acceptors (Lipinski definition) is 4. The van der Waals surface area contributed by atoms with Gasteiger partial charge < -0.3 is 15.0 Å². The number of aryl methyl sites for hydroxylation is 2. The van der Waals surface area contributed by atoms with Gasteiger partial charge in [-0.2, -0.15) is 0 Å². The number of likely N-dealkylation sites (N-methyl/N-ethyl adjacent to an activating group) is 1. The largest absolute Gasteiger partial charge is 0.383 e. The molecule has 1 aromatic rings. The Morgan fingerprint density at radius 2 is 2.05 bits per heavy atom. The highest BCUT2D eigenvalue weighted by Crippen LogP contribution is 2.24. The van der Waals surface area contributed by atoms with E-state index in [9.17, 15) is 0 Å². The molecule has 1 N–H and O–H groups in total. The van der Waals surface area contributed by atoms with E-state index in [1.54, 1.807) is 7.11 Å². The monoisotopic (exact) mass is 293 g/mol. The third-order valence-corrected chi connectivity index (χ3v) is 3.73. The Kier molecular flexibility index (Phi) is 7.68. The van der Waals surface area contributed by atoms with E-state index in [2.05, 4.69) is 50.9 Å². The standard InChI is InChI=1S/C17H31N3O/c1-7-9-18-11-16-13(3)10-14(4)19-17(16)20(8-2)15(5)12-21-6/h10,15,18H,7-9,11-12H2,1-6H3. The Balaban J connectivity index is 3.11. The number of methoxy groups -OCH3 is 1. The number of nitrogens with zero attached hydrogens (tertiary/aromatic N) is 2. The van der Waals surface area contributed by atoms with Crippen LogP contribution in [-0.2, 0) is 11.3 Å². The molecule has 120 valence electrons. The summed E-state index contributed by atoms with van der Waals surface area (Å²) in [6.45, 7) is 14.3. The van der Waals surface area contributed by atoms with Crippen LogP contribution in [0.3, 0.4) is 0 Å². The average molecular weight is 293 g/mol. The highest BCUT2D eigenvalue weighted by atomic mass is 16.5. The van der Waals surface area contributed by atoms with Gasteiger partial charge in [0, 0.05) is 31.5 Å². The van der Waals surface area contributed by atoms with Crippen LogP contribution in [0, 0.1) is 13.8 Å². The molecular formula is C17H31N3O. The molecule has 0 amide bonds. The SMILES string of the molecule is CCCNCc1c(C)cc(C)nc1N(CC)C(C)COC. The first kappa shape index (κ1) is 17.9.